The fourth-order valence-corrected chi connectivity index (χ4v) is 3.32. The Kier molecular flexibility index (Phi) is 2.43. The summed E-state index contributed by atoms with van der Waals surface area (Å²) < 4.78 is 2.67. The molecule has 3 aromatic heterocycles. The van der Waals surface area contributed by atoms with Crippen LogP contribution in [0, 0.1) is 0 Å². The first kappa shape index (κ1) is 11.4. The van der Waals surface area contributed by atoms with E-state index in [9.17, 15) is 4.79 Å². The summed E-state index contributed by atoms with van der Waals surface area (Å²) in [7, 11) is 0. The lowest BCUT2D eigenvalue weighted by molar-refractivity contribution is 0.826. The molecule has 4 rings (SSSR count). The number of fused-ring (bicyclic) bond motifs is 3. The van der Waals surface area contributed by atoms with E-state index in [1.165, 1.54) is 23.2 Å². The fraction of sp³-hybridized carbons (Fsp3) is 0.0714. The smallest absolute Gasteiger partial charge is 0.268 e. The molecule has 0 bridgehead atoms. The number of rotatable bonds is 2. The average molecular weight is 282 g/mol. The van der Waals surface area contributed by atoms with Gasteiger partial charge in [-0.15, -0.1) is 11.3 Å². The minimum atomic E-state index is -0.107. The van der Waals surface area contributed by atoms with Crippen molar-refractivity contribution in [3.63, 3.8) is 0 Å². The Morgan fingerprint density at radius 3 is 2.90 bits per heavy atom. The van der Waals surface area contributed by atoms with Gasteiger partial charge in [0.25, 0.3) is 5.56 Å². The number of benzene rings is 1. The van der Waals surface area contributed by atoms with Crippen LogP contribution in [0.3, 0.4) is 0 Å². The van der Waals surface area contributed by atoms with Crippen molar-refractivity contribution in [2.24, 2.45) is 0 Å². The van der Waals surface area contributed by atoms with E-state index in [2.05, 4.69) is 27.1 Å². The highest BCUT2D eigenvalue weighted by molar-refractivity contribution is 7.25. The third kappa shape index (κ3) is 1.65. The first-order valence-corrected chi connectivity index (χ1v) is 6.99. The van der Waals surface area contributed by atoms with Crippen LogP contribution in [0.2, 0.25) is 0 Å². The molecule has 5 nitrogen and oxygen atoms in total. The van der Waals surface area contributed by atoms with Gasteiger partial charge in [-0.05, 0) is 5.56 Å². The molecule has 0 amide bonds. The van der Waals surface area contributed by atoms with Gasteiger partial charge in [-0.25, -0.2) is 9.97 Å². The zero-order valence-electron chi connectivity index (χ0n) is 10.4. The Labute approximate surface area is 117 Å². The van der Waals surface area contributed by atoms with Gasteiger partial charge in [-0.1, -0.05) is 30.3 Å². The van der Waals surface area contributed by atoms with E-state index in [1.54, 1.807) is 6.33 Å². The molecule has 0 saturated heterocycles. The number of aromatic nitrogens is 4. The number of nitrogens with zero attached hydrogens (tertiary/aromatic N) is 3. The summed E-state index contributed by atoms with van der Waals surface area (Å²) >= 11 is 1.38. The molecule has 0 saturated carbocycles. The Morgan fingerprint density at radius 1 is 1.20 bits per heavy atom. The van der Waals surface area contributed by atoms with Gasteiger partial charge in [0, 0.05) is 6.54 Å². The molecule has 0 spiro atoms. The normalized spacial score (nSPS) is 11.4. The van der Waals surface area contributed by atoms with E-state index in [0.29, 0.717) is 4.70 Å². The predicted octanol–water partition coefficient (Wildman–Crippen LogP) is 2.38. The molecule has 1 N–H and O–H groups in total. The van der Waals surface area contributed by atoms with Gasteiger partial charge in [0.05, 0.1) is 12.7 Å². The molecule has 0 fully saturated rings. The highest BCUT2D eigenvalue weighted by atomic mass is 32.1. The summed E-state index contributed by atoms with van der Waals surface area (Å²) in [5.41, 5.74) is 2.74. The number of nitrogens with one attached hydrogen (secondary N) is 1. The number of thiophene rings is 1. The molecule has 0 aliphatic rings. The molecule has 20 heavy (non-hydrogen) atoms. The van der Waals surface area contributed by atoms with Crippen molar-refractivity contribution in [2.75, 3.05) is 0 Å². The van der Waals surface area contributed by atoms with E-state index in [4.69, 9.17) is 0 Å². The Hall–Kier alpha value is -2.47. The fourth-order valence-electron chi connectivity index (χ4n) is 2.32. The van der Waals surface area contributed by atoms with Crippen LogP contribution in [0.15, 0.2) is 47.8 Å². The van der Waals surface area contributed by atoms with E-state index >= 15 is 0 Å². The summed E-state index contributed by atoms with van der Waals surface area (Å²) in [5.74, 6) is 0. The largest absolute Gasteiger partial charge is 0.324 e. The number of H-pyrrole nitrogens is 1. The summed E-state index contributed by atoms with van der Waals surface area (Å²) in [6.07, 6.45) is 3.24. The minimum absolute atomic E-state index is 0.107. The van der Waals surface area contributed by atoms with Crippen LogP contribution in [0.4, 0.5) is 0 Å². The lowest BCUT2D eigenvalue weighted by atomic mass is 10.2. The minimum Gasteiger partial charge on any atom is -0.324 e. The van der Waals surface area contributed by atoms with Gasteiger partial charge < -0.3 is 9.55 Å². The van der Waals surface area contributed by atoms with E-state index < -0.39 is 0 Å². The van der Waals surface area contributed by atoms with Crippen molar-refractivity contribution in [1.29, 1.82) is 0 Å². The quantitative estimate of drug-likeness (QED) is 0.614. The summed E-state index contributed by atoms with van der Waals surface area (Å²) in [4.78, 5) is 23.9. The molecule has 3 heterocycles. The van der Waals surface area contributed by atoms with E-state index in [-0.39, 0.29) is 5.56 Å². The Bertz CT molecular complexity index is 952. The third-order valence-corrected chi connectivity index (χ3v) is 4.31. The maximum Gasteiger partial charge on any atom is 0.268 e. The second-order valence-electron chi connectivity index (χ2n) is 4.52. The van der Waals surface area contributed by atoms with Crippen molar-refractivity contribution < 1.29 is 0 Å². The molecular formula is C14H10N4OS. The topological polar surface area (TPSA) is 63.6 Å². The van der Waals surface area contributed by atoms with Crippen LogP contribution in [0.5, 0.6) is 0 Å². The molecule has 0 radical (unpaired) electrons. The number of hydrogen-bond donors (Lipinski definition) is 1. The summed E-state index contributed by atoms with van der Waals surface area (Å²) in [6.45, 7) is 0.720. The van der Waals surface area contributed by atoms with Gasteiger partial charge in [0.15, 0.2) is 0 Å². The third-order valence-electron chi connectivity index (χ3n) is 3.23. The second-order valence-corrected chi connectivity index (χ2v) is 5.52. The van der Waals surface area contributed by atoms with Gasteiger partial charge in [-0.3, -0.25) is 4.79 Å². The standard InChI is InChI=1S/C14H10N4OS/c19-13-12-10(15-7-16-13)11-14(20-12)17-8-18(11)6-9-4-2-1-3-5-9/h1-5,7-8H,6H2,(H,15,16,19). The number of imidazole rings is 1. The molecule has 6 heteroatoms. The monoisotopic (exact) mass is 282 g/mol. The van der Waals surface area contributed by atoms with Crippen LogP contribution in [0.1, 0.15) is 5.56 Å². The van der Waals surface area contributed by atoms with Gasteiger partial charge >= 0.3 is 0 Å². The van der Waals surface area contributed by atoms with Gasteiger partial charge in [0.2, 0.25) is 0 Å². The maximum atomic E-state index is 11.8. The SMILES string of the molecule is O=c1[nH]cnc2c1sc1ncn(Cc3ccccc3)c12. The number of hydrogen-bond acceptors (Lipinski definition) is 4. The highest BCUT2D eigenvalue weighted by Crippen LogP contribution is 2.29. The van der Waals surface area contributed by atoms with Gasteiger partial charge in [0.1, 0.15) is 20.6 Å². The second kappa shape index (κ2) is 4.28. The van der Waals surface area contributed by atoms with Crippen LogP contribution < -0.4 is 5.56 Å². The lowest BCUT2D eigenvalue weighted by Crippen LogP contribution is -2.04. The molecule has 4 aromatic rings. The first-order chi connectivity index (χ1) is 9.83. The van der Waals surface area contributed by atoms with Gasteiger partial charge in [-0.2, -0.15) is 0 Å². The number of aromatic amines is 1. The van der Waals surface area contributed by atoms with Crippen LogP contribution in [-0.4, -0.2) is 19.5 Å². The van der Waals surface area contributed by atoms with Crippen molar-refractivity contribution in [3.05, 3.63) is 58.9 Å². The van der Waals surface area contributed by atoms with E-state index in [1.807, 2.05) is 22.8 Å². The summed E-state index contributed by atoms with van der Waals surface area (Å²) in [5, 5.41) is 0. The van der Waals surface area contributed by atoms with Crippen LogP contribution in [0.25, 0.3) is 20.6 Å². The zero-order chi connectivity index (χ0) is 13.5. The molecule has 98 valence electrons. The van der Waals surface area contributed by atoms with E-state index in [0.717, 1.165) is 22.4 Å². The molecular weight excluding hydrogens is 272 g/mol. The van der Waals surface area contributed by atoms with Crippen molar-refractivity contribution in [1.82, 2.24) is 19.5 Å². The molecule has 0 aliphatic heterocycles. The average Bonchev–Trinajstić information content (AvgIpc) is 3.02. The van der Waals surface area contributed by atoms with Crippen molar-refractivity contribution in [2.45, 2.75) is 6.54 Å². The zero-order valence-corrected chi connectivity index (χ0v) is 11.2. The summed E-state index contributed by atoms with van der Waals surface area (Å²) in [6, 6.07) is 10.2. The maximum absolute atomic E-state index is 11.8. The van der Waals surface area contributed by atoms with Crippen LogP contribution >= 0.6 is 11.3 Å². The van der Waals surface area contributed by atoms with Crippen LogP contribution in [-0.2, 0) is 6.54 Å². The molecule has 0 aliphatic carbocycles. The Balaban J connectivity index is 1.94. The highest BCUT2D eigenvalue weighted by Gasteiger charge is 2.14. The first-order valence-electron chi connectivity index (χ1n) is 6.18. The lowest BCUT2D eigenvalue weighted by Gasteiger charge is -2.03. The van der Waals surface area contributed by atoms with Crippen molar-refractivity contribution >= 4 is 31.9 Å². The molecule has 0 atom stereocenters. The van der Waals surface area contributed by atoms with Crippen molar-refractivity contribution in [3.8, 4) is 0 Å². The Morgan fingerprint density at radius 2 is 2.05 bits per heavy atom. The predicted molar refractivity (Wildman–Crippen MR) is 79.1 cm³/mol. The molecule has 0 unspecified atom stereocenters. The molecule has 1 aromatic carbocycles.